The fourth-order valence-electron chi connectivity index (χ4n) is 8.92. The summed E-state index contributed by atoms with van der Waals surface area (Å²) in [5.41, 5.74) is 20.0. The number of H-pyrrole nitrogens is 2. The van der Waals surface area contributed by atoms with E-state index in [2.05, 4.69) is 119 Å². The van der Waals surface area contributed by atoms with Gasteiger partial charge in [0.05, 0.1) is 25.3 Å². The van der Waals surface area contributed by atoms with E-state index >= 15 is 0 Å². The lowest BCUT2D eigenvalue weighted by molar-refractivity contribution is 0.415. The number of aromatic nitrogens is 2. The first-order chi connectivity index (χ1) is 24.7. The monoisotopic (exact) mass is 644 g/mol. The lowest BCUT2D eigenvalue weighted by atomic mass is 9.88. The maximum Gasteiger partial charge on any atom is 0.119 e. The average molecular weight is 645 g/mol. The molecule has 4 heteroatoms. The van der Waals surface area contributed by atoms with Gasteiger partial charge in [-0.1, -0.05) is 84.9 Å². The van der Waals surface area contributed by atoms with Crippen molar-refractivity contribution >= 4 is 43.6 Å². The van der Waals surface area contributed by atoms with E-state index in [1.54, 1.807) is 14.2 Å². The minimum absolute atomic E-state index is 0.840. The number of hydrogen-bond acceptors (Lipinski definition) is 2. The molecule has 0 bridgehead atoms. The molecule has 50 heavy (non-hydrogen) atoms. The van der Waals surface area contributed by atoms with Gasteiger partial charge in [0.25, 0.3) is 0 Å². The number of aromatic amines is 2. The molecule has 2 N–H and O–H groups in total. The Morgan fingerprint density at radius 2 is 0.880 bits per heavy atom. The largest absolute Gasteiger partial charge is 0.497 e. The minimum Gasteiger partial charge on any atom is -0.497 e. The van der Waals surface area contributed by atoms with Crippen LogP contribution in [0.5, 0.6) is 11.5 Å². The molecule has 0 unspecified atom stereocenters. The highest BCUT2D eigenvalue weighted by Gasteiger charge is 2.27. The molecule has 0 atom stereocenters. The fourth-order valence-corrected chi connectivity index (χ4v) is 8.92. The zero-order valence-corrected chi connectivity index (χ0v) is 27.8. The summed E-state index contributed by atoms with van der Waals surface area (Å²) in [4.78, 5) is 7.86. The first kappa shape index (κ1) is 27.7. The van der Waals surface area contributed by atoms with Gasteiger partial charge in [-0.25, -0.2) is 0 Å². The summed E-state index contributed by atoms with van der Waals surface area (Å²) >= 11 is 0. The maximum atomic E-state index is 5.80. The number of benzene rings is 7. The quantitative estimate of drug-likeness (QED) is 0.200. The summed E-state index contributed by atoms with van der Waals surface area (Å²) in [6.07, 6.45) is 1.87. The normalized spacial score (nSPS) is 12.8. The minimum atomic E-state index is 0.840. The summed E-state index contributed by atoms with van der Waals surface area (Å²) in [6.45, 7) is 0. The first-order valence-electron chi connectivity index (χ1n) is 17.2. The van der Waals surface area contributed by atoms with E-state index in [9.17, 15) is 0 Å². The van der Waals surface area contributed by atoms with Gasteiger partial charge in [0.15, 0.2) is 0 Å². The maximum absolute atomic E-state index is 5.80. The topological polar surface area (TPSA) is 50.0 Å². The standard InChI is InChI=1S/C46H32N2O2/c1-49-31-13-17-39-37(23-31)43-41(27-11-15-35-29(21-27)19-25-7-3-5-9-33(25)35)46-44(38-24-32(50-2)14-18-40(38)48-46)42(45(43)47-39)28-12-16-36-30(22-28)20-26-8-4-6-10-34(26)36/h3-18,21-24,47-48H,19-20H2,1-2H3. The number of rotatable bonds is 4. The molecule has 238 valence electrons. The fraction of sp³-hybridized carbons (Fsp3) is 0.0870. The summed E-state index contributed by atoms with van der Waals surface area (Å²) in [5.74, 6) is 1.68. The molecule has 0 saturated carbocycles. The van der Waals surface area contributed by atoms with Crippen molar-refractivity contribution in [3.63, 3.8) is 0 Å². The van der Waals surface area contributed by atoms with Gasteiger partial charge in [0, 0.05) is 43.7 Å². The van der Waals surface area contributed by atoms with Crippen molar-refractivity contribution < 1.29 is 9.47 Å². The Morgan fingerprint density at radius 3 is 1.34 bits per heavy atom. The molecule has 9 aromatic rings. The van der Waals surface area contributed by atoms with Gasteiger partial charge in [-0.15, -0.1) is 0 Å². The van der Waals surface area contributed by atoms with E-state index in [1.807, 2.05) is 12.1 Å². The van der Waals surface area contributed by atoms with Crippen LogP contribution in [0, 0.1) is 0 Å². The van der Waals surface area contributed by atoms with E-state index in [1.165, 1.54) is 77.5 Å². The van der Waals surface area contributed by atoms with E-state index < -0.39 is 0 Å². The highest BCUT2D eigenvalue weighted by molar-refractivity contribution is 6.32. The molecule has 2 aliphatic rings. The molecule has 2 aliphatic carbocycles. The van der Waals surface area contributed by atoms with Crippen LogP contribution in [-0.2, 0) is 12.8 Å². The van der Waals surface area contributed by atoms with E-state index in [4.69, 9.17) is 9.47 Å². The van der Waals surface area contributed by atoms with Gasteiger partial charge in [-0.3, -0.25) is 0 Å². The highest BCUT2D eigenvalue weighted by atomic mass is 16.5. The van der Waals surface area contributed by atoms with Crippen molar-refractivity contribution in [1.29, 1.82) is 0 Å². The van der Waals surface area contributed by atoms with Crippen LogP contribution in [0.4, 0.5) is 0 Å². The second-order valence-electron chi connectivity index (χ2n) is 13.7. The molecular weight excluding hydrogens is 613 g/mol. The Labute approximate surface area is 288 Å². The number of methoxy groups -OCH3 is 2. The van der Waals surface area contributed by atoms with Crippen molar-refractivity contribution in [2.75, 3.05) is 14.2 Å². The van der Waals surface area contributed by atoms with E-state index in [-0.39, 0.29) is 0 Å². The van der Waals surface area contributed by atoms with Crippen LogP contribution in [-0.4, -0.2) is 24.2 Å². The molecule has 0 amide bonds. The van der Waals surface area contributed by atoms with Gasteiger partial charge >= 0.3 is 0 Å². The van der Waals surface area contributed by atoms with Crippen LogP contribution in [0.25, 0.3) is 88.1 Å². The highest BCUT2D eigenvalue weighted by Crippen LogP contribution is 2.51. The molecule has 0 aliphatic heterocycles. The summed E-state index contributed by atoms with van der Waals surface area (Å²) in [5, 5.41) is 4.68. The second kappa shape index (κ2) is 10.1. The number of hydrogen-bond donors (Lipinski definition) is 2. The van der Waals surface area contributed by atoms with Crippen LogP contribution >= 0.6 is 0 Å². The van der Waals surface area contributed by atoms with Gasteiger partial charge < -0.3 is 19.4 Å². The first-order valence-corrected chi connectivity index (χ1v) is 17.2. The molecule has 11 rings (SSSR count). The van der Waals surface area contributed by atoms with Crippen molar-refractivity contribution in [3.8, 4) is 56.0 Å². The van der Waals surface area contributed by atoms with Crippen LogP contribution in [0.15, 0.2) is 121 Å². The third-order valence-electron chi connectivity index (χ3n) is 11.2. The van der Waals surface area contributed by atoms with Crippen LogP contribution in [0.3, 0.4) is 0 Å². The Kier molecular flexibility index (Phi) is 5.60. The van der Waals surface area contributed by atoms with Crippen LogP contribution in [0.1, 0.15) is 22.3 Å². The Balaban J connectivity index is 1.28. The van der Waals surface area contributed by atoms with Gasteiger partial charge in [0.1, 0.15) is 11.5 Å². The third-order valence-corrected chi connectivity index (χ3v) is 11.2. The van der Waals surface area contributed by atoms with Crippen molar-refractivity contribution in [2.24, 2.45) is 0 Å². The molecular formula is C46H32N2O2. The molecule has 4 nitrogen and oxygen atoms in total. The summed E-state index contributed by atoms with van der Waals surface area (Å²) < 4.78 is 11.6. The second-order valence-corrected chi connectivity index (χ2v) is 13.7. The third kappa shape index (κ3) is 3.76. The average Bonchev–Trinajstić information content (AvgIpc) is 3.92. The number of ether oxygens (including phenoxy) is 2. The predicted octanol–water partition coefficient (Wildman–Crippen LogP) is 11.4. The smallest absolute Gasteiger partial charge is 0.119 e. The number of nitrogens with one attached hydrogen (secondary N) is 2. The lowest BCUT2D eigenvalue weighted by Crippen LogP contribution is -1.91. The number of fused-ring (bicyclic) bond motifs is 12. The van der Waals surface area contributed by atoms with Gasteiger partial charge in [0.2, 0.25) is 0 Å². The molecule has 7 aromatic carbocycles. The Bertz CT molecular complexity index is 2710. The molecule has 0 saturated heterocycles. The Morgan fingerprint density at radius 1 is 0.440 bits per heavy atom. The SMILES string of the molecule is COc1ccc2[nH]c3c(-c4ccc5c(c4)Cc4ccccc4-5)c4c([nH]c5ccc(OC)cc54)c(-c4ccc5c(c4)Cc4ccccc4-5)c3c2c1. The van der Waals surface area contributed by atoms with Crippen LogP contribution in [0.2, 0.25) is 0 Å². The van der Waals surface area contributed by atoms with Gasteiger partial charge in [-0.2, -0.15) is 0 Å². The summed E-state index contributed by atoms with van der Waals surface area (Å²) in [7, 11) is 3.48. The van der Waals surface area contributed by atoms with Crippen molar-refractivity contribution in [1.82, 2.24) is 9.97 Å². The molecule has 2 aromatic heterocycles. The van der Waals surface area contributed by atoms with E-state index in [0.29, 0.717) is 0 Å². The Hall–Kier alpha value is -6.26. The van der Waals surface area contributed by atoms with E-state index in [0.717, 1.165) is 57.2 Å². The molecule has 0 radical (unpaired) electrons. The predicted molar refractivity (Wildman–Crippen MR) is 206 cm³/mol. The van der Waals surface area contributed by atoms with Crippen molar-refractivity contribution in [2.45, 2.75) is 12.8 Å². The zero-order valence-electron chi connectivity index (χ0n) is 27.8. The van der Waals surface area contributed by atoms with Gasteiger partial charge in [-0.05, 0) is 105 Å². The summed E-state index contributed by atoms with van der Waals surface area (Å²) in [6, 6.07) is 44.4. The lowest BCUT2D eigenvalue weighted by Gasteiger charge is -2.15. The molecule has 0 spiro atoms. The molecule has 2 heterocycles. The zero-order chi connectivity index (χ0) is 33.1. The molecule has 0 fully saturated rings. The van der Waals surface area contributed by atoms with Crippen molar-refractivity contribution in [3.05, 3.63) is 144 Å². The van der Waals surface area contributed by atoms with Crippen LogP contribution < -0.4 is 9.47 Å².